The van der Waals surface area contributed by atoms with E-state index in [4.69, 9.17) is 21.8 Å². The molecule has 1 saturated heterocycles. The second-order valence-corrected chi connectivity index (χ2v) is 6.22. The Kier molecular flexibility index (Phi) is 4.52. The maximum absolute atomic E-state index is 12.0. The average Bonchev–Trinajstić information content (AvgIpc) is 2.95. The Morgan fingerprint density at radius 3 is 2.74 bits per heavy atom. The van der Waals surface area contributed by atoms with Crippen LogP contribution in [0.1, 0.15) is 37.5 Å². The lowest BCUT2D eigenvalue weighted by Gasteiger charge is -2.30. The molecule has 1 aromatic heterocycles. The van der Waals surface area contributed by atoms with E-state index in [0.29, 0.717) is 24.0 Å². The minimum Gasteiger partial charge on any atom is -0.440 e. The van der Waals surface area contributed by atoms with Gasteiger partial charge < -0.3 is 15.1 Å². The summed E-state index contributed by atoms with van der Waals surface area (Å²) in [6, 6.07) is 5.38. The van der Waals surface area contributed by atoms with Gasteiger partial charge in [-0.1, -0.05) is 11.6 Å². The highest BCUT2D eigenvalue weighted by Crippen LogP contribution is 2.31. The van der Waals surface area contributed by atoms with Crippen molar-refractivity contribution in [3.63, 3.8) is 0 Å². The van der Waals surface area contributed by atoms with E-state index in [2.05, 4.69) is 4.98 Å². The molecule has 6 nitrogen and oxygen atoms in total. The molecule has 7 heteroatoms. The normalized spacial score (nSPS) is 16.0. The van der Waals surface area contributed by atoms with Crippen molar-refractivity contribution >= 4 is 34.5 Å². The predicted molar refractivity (Wildman–Crippen MR) is 86.0 cm³/mol. The van der Waals surface area contributed by atoms with Crippen LogP contribution in [-0.2, 0) is 9.59 Å². The number of aromatic nitrogens is 1. The molecule has 0 aliphatic carbocycles. The fourth-order valence-corrected chi connectivity index (χ4v) is 3.02. The Labute approximate surface area is 138 Å². The second kappa shape index (κ2) is 6.58. The van der Waals surface area contributed by atoms with Crippen molar-refractivity contribution in [3.8, 4) is 0 Å². The van der Waals surface area contributed by atoms with Gasteiger partial charge >= 0.3 is 0 Å². The van der Waals surface area contributed by atoms with E-state index < -0.39 is 5.91 Å². The second-order valence-electron chi connectivity index (χ2n) is 5.79. The molecule has 122 valence electrons. The summed E-state index contributed by atoms with van der Waals surface area (Å²) < 4.78 is 5.80. The van der Waals surface area contributed by atoms with E-state index in [0.717, 1.165) is 23.9 Å². The van der Waals surface area contributed by atoms with E-state index in [1.54, 1.807) is 17.0 Å². The van der Waals surface area contributed by atoms with Gasteiger partial charge in [0.15, 0.2) is 11.5 Å². The van der Waals surface area contributed by atoms with Gasteiger partial charge in [-0.05, 0) is 31.0 Å². The van der Waals surface area contributed by atoms with Crippen molar-refractivity contribution in [2.24, 2.45) is 5.73 Å². The molecule has 3 rings (SSSR count). The number of carbonyl (C=O) groups excluding carboxylic acids is 2. The van der Waals surface area contributed by atoms with Crippen molar-refractivity contribution in [2.75, 3.05) is 13.1 Å². The number of rotatable bonds is 4. The van der Waals surface area contributed by atoms with E-state index in [-0.39, 0.29) is 24.7 Å². The van der Waals surface area contributed by atoms with E-state index in [1.807, 2.05) is 6.07 Å². The standard InChI is InChI=1S/C16H18ClN3O3/c17-11-1-2-13-12(9-11)19-16(23-13)10-5-7-20(8-6-10)15(22)4-3-14(18)21/h1-2,9-10H,3-8H2,(H2,18,21). The Hall–Kier alpha value is -2.08. The van der Waals surface area contributed by atoms with Crippen LogP contribution >= 0.6 is 11.6 Å². The SMILES string of the molecule is NC(=O)CCC(=O)N1CCC(c2nc3cc(Cl)ccc3o2)CC1. The molecule has 2 aromatic rings. The first-order valence-electron chi connectivity index (χ1n) is 7.65. The molecule has 0 saturated carbocycles. The molecule has 0 bridgehead atoms. The minimum atomic E-state index is -0.446. The number of nitrogens with two attached hydrogens (primary N) is 1. The number of primary amides is 1. The zero-order valence-electron chi connectivity index (χ0n) is 12.6. The van der Waals surface area contributed by atoms with Gasteiger partial charge in [0.25, 0.3) is 0 Å². The first kappa shape index (κ1) is 15.8. The van der Waals surface area contributed by atoms with Crippen molar-refractivity contribution in [1.82, 2.24) is 9.88 Å². The number of likely N-dealkylation sites (tertiary alicyclic amines) is 1. The summed E-state index contributed by atoms with van der Waals surface area (Å²) >= 11 is 5.96. The van der Waals surface area contributed by atoms with Crippen LogP contribution in [-0.4, -0.2) is 34.8 Å². The minimum absolute atomic E-state index is 0.0217. The summed E-state index contributed by atoms with van der Waals surface area (Å²) in [7, 11) is 0. The summed E-state index contributed by atoms with van der Waals surface area (Å²) in [5, 5.41) is 0.632. The van der Waals surface area contributed by atoms with Crippen molar-refractivity contribution in [2.45, 2.75) is 31.6 Å². The quantitative estimate of drug-likeness (QED) is 0.929. The van der Waals surface area contributed by atoms with E-state index >= 15 is 0 Å². The molecule has 1 aliphatic heterocycles. The largest absolute Gasteiger partial charge is 0.440 e. The molecule has 0 atom stereocenters. The lowest BCUT2D eigenvalue weighted by Crippen LogP contribution is -2.38. The molecule has 1 fully saturated rings. The third-order valence-corrected chi connectivity index (χ3v) is 4.38. The number of piperidine rings is 1. The summed E-state index contributed by atoms with van der Waals surface area (Å²) in [6.45, 7) is 1.28. The first-order valence-corrected chi connectivity index (χ1v) is 8.03. The van der Waals surface area contributed by atoms with Crippen LogP contribution in [0.3, 0.4) is 0 Å². The number of nitrogens with zero attached hydrogens (tertiary/aromatic N) is 2. The highest BCUT2D eigenvalue weighted by molar-refractivity contribution is 6.31. The van der Waals surface area contributed by atoms with Crippen molar-refractivity contribution < 1.29 is 14.0 Å². The smallest absolute Gasteiger partial charge is 0.223 e. The van der Waals surface area contributed by atoms with Gasteiger partial charge in [-0.25, -0.2) is 4.98 Å². The predicted octanol–water partition coefficient (Wildman–Crippen LogP) is 2.45. The van der Waals surface area contributed by atoms with Crippen molar-refractivity contribution in [3.05, 3.63) is 29.1 Å². The maximum atomic E-state index is 12.0. The van der Waals surface area contributed by atoms with E-state index in [1.165, 1.54) is 0 Å². The van der Waals surface area contributed by atoms with Crippen LogP contribution in [0.5, 0.6) is 0 Å². The molecule has 1 aromatic carbocycles. The highest BCUT2D eigenvalue weighted by Gasteiger charge is 2.27. The Bertz CT molecular complexity index is 735. The summed E-state index contributed by atoms with van der Waals surface area (Å²) in [5.74, 6) is 0.429. The molecule has 0 unspecified atom stereocenters. The van der Waals surface area contributed by atoms with Gasteiger partial charge in [-0.3, -0.25) is 9.59 Å². The number of oxazole rings is 1. The molecule has 2 heterocycles. The maximum Gasteiger partial charge on any atom is 0.223 e. The Morgan fingerprint density at radius 2 is 2.04 bits per heavy atom. The number of amides is 2. The highest BCUT2D eigenvalue weighted by atomic mass is 35.5. The topological polar surface area (TPSA) is 89.4 Å². The molecular formula is C16H18ClN3O3. The fraction of sp³-hybridized carbons (Fsp3) is 0.438. The van der Waals surface area contributed by atoms with Crippen LogP contribution in [0.2, 0.25) is 5.02 Å². The van der Waals surface area contributed by atoms with Gasteiger partial charge in [0.1, 0.15) is 5.52 Å². The van der Waals surface area contributed by atoms with Crippen LogP contribution in [0, 0.1) is 0 Å². The van der Waals surface area contributed by atoms with Crippen LogP contribution in [0.15, 0.2) is 22.6 Å². The van der Waals surface area contributed by atoms with Crippen molar-refractivity contribution in [1.29, 1.82) is 0 Å². The van der Waals surface area contributed by atoms with Crippen LogP contribution in [0.25, 0.3) is 11.1 Å². The number of hydrogen-bond donors (Lipinski definition) is 1. The number of fused-ring (bicyclic) bond motifs is 1. The fourth-order valence-electron chi connectivity index (χ4n) is 2.86. The third-order valence-electron chi connectivity index (χ3n) is 4.15. The number of carbonyl (C=O) groups is 2. The summed E-state index contributed by atoms with van der Waals surface area (Å²) in [5.41, 5.74) is 6.56. The van der Waals surface area contributed by atoms with Crippen LogP contribution in [0.4, 0.5) is 0 Å². The van der Waals surface area contributed by atoms with Crippen LogP contribution < -0.4 is 5.73 Å². The zero-order chi connectivity index (χ0) is 16.4. The molecule has 1 aliphatic rings. The summed E-state index contributed by atoms with van der Waals surface area (Å²) in [4.78, 5) is 29.0. The van der Waals surface area contributed by atoms with Gasteiger partial charge in [0.2, 0.25) is 11.8 Å². The number of halogens is 1. The molecule has 2 N–H and O–H groups in total. The monoisotopic (exact) mass is 335 g/mol. The zero-order valence-corrected chi connectivity index (χ0v) is 13.4. The molecule has 0 spiro atoms. The number of benzene rings is 1. The number of hydrogen-bond acceptors (Lipinski definition) is 4. The lowest BCUT2D eigenvalue weighted by molar-refractivity contribution is -0.134. The van der Waals surface area contributed by atoms with Gasteiger partial charge in [-0.2, -0.15) is 0 Å². The first-order chi connectivity index (χ1) is 11.0. The lowest BCUT2D eigenvalue weighted by atomic mass is 9.96. The van der Waals surface area contributed by atoms with E-state index in [9.17, 15) is 9.59 Å². The molecule has 2 amide bonds. The van der Waals surface area contributed by atoms with Gasteiger partial charge in [-0.15, -0.1) is 0 Å². The third kappa shape index (κ3) is 3.64. The Balaban J connectivity index is 1.61. The molecule has 0 radical (unpaired) electrons. The van der Waals surface area contributed by atoms with Gasteiger partial charge in [0, 0.05) is 36.9 Å². The molecule has 23 heavy (non-hydrogen) atoms. The summed E-state index contributed by atoms with van der Waals surface area (Å²) in [6.07, 6.45) is 1.87. The molecular weight excluding hydrogens is 318 g/mol. The Morgan fingerprint density at radius 1 is 1.30 bits per heavy atom. The van der Waals surface area contributed by atoms with Gasteiger partial charge in [0.05, 0.1) is 0 Å². The average molecular weight is 336 g/mol.